The summed E-state index contributed by atoms with van der Waals surface area (Å²) < 4.78 is 19.3. The van der Waals surface area contributed by atoms with Crippen LogP contribution in [0.25, 0.3) is 0 Å². The molecule has 0 N–H and O–H groups in total. The molecule has 23 heavy (non-hydrogen) atoms. The van der Waals surface area contributed by atoms with Crippen molar-refractivity contribution in [2.24, 2.45) is 0 Å². The Balaban J connectivity index is 4.93. The Kier molecular flexibility index (Phi) is 10.5. The number of hydrogen-bond donors (Lipinski definition) is 0. The molecule has 0 aliphatic carbocycles. The fourth-order valence-electron chi connectivity index (χ4n) is 1.31. The summed E-state index contributed by atoms with van der Waals surface area (Å²) in [6, 6.07) is 0. The molecule has 0 saturated heterocycles. The van der Waals surface area contributed by atoms with Gasteiger partial charge in [-0.05, 0) is 6.08 Å². The van der Waals surface area contributed by atoms with Gasteiger partial charge in [0.25, 0.3) is 0 Å². The maximum atomic E-state index is 11.8. The Labute approximate surface area is 138 Å². The zero-order valence-electron chi connectivity index (χ0n) is 13.5. The molecule has 1 atom stereocenters. The van der Waals surface area contributed by atoms with Crippen molar-refractivity contribution in [3.8, 4) is 0 Å². The number of rotatable bonds is 9. The predicted octanol–water partition coefficient (Wildman–Crippen LogP) is 1.53. The van der Waals surface area contributed by atoms with Crippen LogP contribution in [-0.4, -0.2) is 42.3 Å². The molecular formula is C14H20O8S. The molecule has 0 spiro atoms. The minimum Gasteiger partial charge on any atom is -0.462 e. The molecule has 0 aromatic rings. The number of carbonyl (C=O) groups excluding carboxylic acids is 4. The lowest BCUT2D eigenvalue weighted by Gasteiger charge is -2.15. The fraction of sp³-hybridized carbons (Fsp3) is 0.571. The van der Waals surface area contributed by atoms with E-state index in [2.05, 4.69) is 0 Å². The smallest absolute Gasteiger partial charge is 0.386 e. The highest BCUT2D eigenvalue weighted by Gasteiger charge is 2.19. The van der Waals surface area contributed by atoms with Crippen LogP contribution in [0.1, 0.15) is 34.1 Å². The quantitative estimate of drug-likeness (QED) is 0.202. The summed E-state index contributed by atoms with van der Waals surface area (Å²) in [5.41, 5.74) is 0. The minimum atomic E-state index is -0.832. The highest BCUT2D eigenvalue weighted by atomic mass is 32.2. The van der Waals surface area contributed by atoms with Gasteiger partial charge in [0.2, 0.25) is 5.76 Å². The van der Waals surface area contributed by atoms with Gasteiger partial charge in [-0.15, -0.1) is 0 Å². The second kappa shape index (κ2) is 11.5. The van der Waals surface area contributed by atoms with E-state index in [1.807, 2.05) is 0 Å². The van der Waals surface area contributed by atoms with Crippen LogP contribution < -0.4 is 0 Å². The molecule has 0 heterocycles. The third-order valence-electron chi connectivity index (χ3n) is 2.08. The normalized spacial score (nSPS) is 12.1. The van der Waals surface area contributed by atoms with E-state index in [0.717, 1.165) is 19.0 Å². The van der Waals surface area contributed by atoms with Crippen LogP contribution >= 0.6 is 12.0 Å². The molecule has 0 amide bonds. The van der Waals surface area contributed by atoms with E-state index >= 15 is 0 Å². The second-order valence-corrected chi connectivity index (χ2v) is 5.19. The average molecular weight is 348 g/mol. The lowest BCUT2D eigenvalue weighted by Crippen LogP contribution is -2.23. The zero-order chi connectivity index (χ0) is 17.8. The maximum absolute atomic E-state index is 11.8. The van der Waals surface area contributed by atoms with Crippen molar-refractivity contribution in [1.82, 2.24) is 0 Å². The molecule has 0 aliphatic rings. The lowest BCUT2D eigenvalue weighted by atomic mass is 10.2. The molecule has 1 unspecified atom stereocenters. The van der Waals surface area contributed by atoms with Crippen LogP contribution in [0.2, 0.25) is 0 Å². The van der Waals surface area contributed by atoms with Gasteiger partial charge >= 0.3 is 23.9 Å². The van der Waals surface area contributed by atoms with Crippen LogP contribution in [-0.2, 0) is 37.6 Å². The Morgan fingerprint density at radius 1 is 1.04 bits per heavy atom. The first-order valence-corrected chi connectivity index (χ1v) is 7.70. The van der Waals surface area contributed by atoms with Gasteiger partial charge in [0.1, 0.15) is 12.7 Å². The largest absolute Gasteiger partial charge is 0.462 e. The number of ether oxygens (including phenoxy) is 3. The van der Waals surface area contributed by atoms with Gasteiger partial charge in [-0.3, -0.25) is 14.4 Å². The fourth-order valence-corrected chi connectivity index (χ4v) is 1.62. The van der Waals surface area contributed by atoms with Crippen LogP contribution in [0.15, 0.2) is 11.8 Å². The van der Waals surface area contributed by atoms with Gasteiger partial charge in [-0.1, -0.05) is 6.92 Å². The molecule has 0 fully saturated rings. The van der Waals surface area contributed by atoms with Gasteiger partial charge in [0.15, 0.2) is 0 Å². The van der Waals surface area contributed by atoms with E-state index in [9.17, 15) is 19.2 Å². The summed E-state index contributed by atoms with van der Waals surface area (Å²) in [6.45, 7) is 5.14. The van der Waals surface area contributed by atoms with Gasteiger partial charge < -0.3 is 18.4 Å². The van der Waals surface area contributed by atoms with E-state index < -0.39 is 30.0 Å². The molecule has 8 nitrogen and oxygen atoms in total. The minimum absolute atomic E-state index is 0.00135. The molecule has 0 saturated carbocycles. The Morgan fingerprint density at radius 3 is 2.17 bits per heavy atom. The van der Waals surface area contributed by atoms with Gasteiger partial charge in [0.05, 0.1) is 12.0 Å². The molecule has 0 aliphatic heterocycles. The van der Waals surface area contributed by atoms with Crippen LogP contribution in [0.4, 0.5) is 0 Å². The van der Waals surface area contributed by atoms with E-state index in [1.54, 1.807) is 6.92 Å². The summed E-state index contributed by atoms with van der Waals surface area (Å²) in [4.78, 5) is 44.6. The van der Waals surface area contributed by atoms with Crippen molar-refractivity contribution in [2.75, 3.05) is 12.4 Å². The second-order valence-electron chi connectivity index (χ2n) is 4.21. The molecule has 0 bridgehead atoms. The Bertz CT molecular complexity index is 471. The first kappa shape index (κ1) is 21.0. The molecule has 0 aromatic heterocycles. The number of hydrogen-bond acceptors (Lipinski definition) is 9. The summed E-state index contributed by atoms with van der Waals surface area (Å²) in [5.74, 6) is -2.43. The van der Waals surface area contributed by atoms with Crippen molar-refractivity contribution >= 4 is 35.9 Å². The highest BCUT2D eigenvalue weighted by Crippen LogP contribution is 2.12. The highest BCUT2D eigenvalue weighted by molar-refractivity contribution is 7.95. The zero-order valence-corrected chi connectivity index (χ0v) is 14.3. The lowest BCUT2D eigenvalue weighted by molar-refractivity contribution is -0.156. The Morgan fingerprint density at radius 2 is 1.70 bits per heavy atom. The van der Waals surface area contributed by atoms with Gasteiger partial charge in [-0.2, -0.15) is 0 Å². The van der Waals surface area contributed by atoms with E-state index in [1.165, 1.54) is 19.9 Å². The molecule has 0 aromatic carbocycles. The van der Waals surface area contributed by atoms with E-state index in [-0.39, 0.29) is 18.8 Å². The van der Waals surface area contributed by atoms with Crippen molar-refractivity contribution in [3.63, 3.8) is 0 Å². The van der Waals surface area contributed by atoms with Crippen molar-refractivity contribution in [1.29, 1.82) is 0 Å². The monoisotopic (exact) mass is 348 g/mol. The predicted molar refractivity (Wildman–Crippen MR) is 80.9 cm³/mol. The first-order valence-electron chi connectivity index (χ1n) is 6.79. The van der Waals surface area contributed by atoms with Gasteiger partial charge in [-0.25, -0.2) is 4.79 Å². The number of carbonyl (C=O) groups is 4. The molecule has 130 valence electrons. The van der Waals surface area contributed by atoms with Crippen molar-refractivity contribution in [3.05, 3.63) is 11.8 Å². The molecule has 0 radical (unpaired) electrons. The van der Waals surface area contributed by atoms with Crippen LogP contribution in [0, 0.1) is 0 Å². The molecule has 9 heteroatoms. The summed E-state index contributed by atoms with van der Waals surface area (Å²) in [7, 11) is 0. The SMILES string of the molecule is CCSOC(=O)C(=CCC(COC(C)=O)OC(C)=O)OC(C)=O. The summed E-state index contributed by atoms with van der Waals surface area (Å²) in [5, 5.41) is 0. The third kappa shape index (κ3) is 11.2. The van der Waals surface area contributed by atoms with E-state index in [4.69, 9.17) is 18.4 Å². The standard InChI is InChI=1S/C14H20O8S/c1-5-23-22-14(18)13(21-11(4)17)7-6-12(20-10(3)16)8-19-9(2)15/h7,12H,5-6,8H2,1-4H3. The Hall–Kier alpha value is -2.03. The number of esters is 3. The summed E-state index contributed by atoms with van der Waals surface area (Å²) >= 11 is 0.894. The average Bonchev–Trinajstić information content (AvgIpc) is 2.44. The van der Waals surface area contributed by atoms with Crippen LogP contribution in [0.3, 0.4) is 0 Å². The summed E-state index contributed by atoms with van der Waals surface area (Å²) in [6.07, 6.45) is 0.437. The van der Waals surface area contributed by atoms with Crippen LogP contribution in [0.5, 0.6) is 0 Å². The van der Waals surface area contributed by atoms with Crippen molar-refractivity contribution in [2.45, 2.75) is 40.2 Å². The first-order chi connectivity index (χ1) is 10.8. The maximum Gasteiger partial charge on any atom is 0.386 e. The van der Waals surface area contributed by atoms with Crippen molar-refractivity contribution < 1.29 is 37.6 Å². The molecular weight excluding hydrogens is 328 g/mol. The topological polar surface area (TPSA) is 105 Å². The molecule has 0 rings (SSSR count). The third-order valence-corrected chi connectivity index (χ3v) is 2.58. The van der Waals surface area contributed by atoms with Gasteiger partial charge in [0, 0.05) is 32.9 Å². The van der Waals surface area contributed by atoms with E-state index in [0.29, 0.717) is 5.75 Å².